The van der Waals surface area contributed by atoms with Crippen LogP contribution in [0.4, 0.5) is 0 Å². The maximum atomic E-state index is 13.1. The molecule has 1 atom stereocenters. The van der Waals surface area contributed by atoms with Crippen molar-refractivity contribution >= 4 is 5.91 Å². The number of hydrogen-bond donors (Lipinski definition) is 0. The van der Waals surface area contributed by atoms with E-state index in [0.717, 1.165) is 31.0 Å². The summed E-state index contributed by atoms with van der Waals surface area (Å²) < 4.78 is 16.1. The summed E-state index contributed by atoms with van der Waals surface area (Å²) in [6.07, 6.45) is 13.6. The lowest BCUT2D eigenvalue weighted by Gasteiger charge is -2.23. The van der Waals surface area contributed by atoms with Crippen LogP contribution in [0.5, 0.6) is 17.2 Å². The van der Waals surface area contributed by atoms with E-state index < -0.39 is 0 Å². The van der Waals surface area contributed by atoms with Crippen LogP contribution in [-0.2, 0) is 6.54 Å². The fourth-order valence-electron chi connectivity index (χ4n) is 5.13. The monoisotopic (exact) mass is 546 g/mol. The standard InChI is InChI=1S/C22H29NO4.C12H17N/c1-6-23(15-16(2)12-17-10-8-7-9-11-17)22(24)18-13-19(25-3)21(27-5)20(14-18)26-4;1-11-6-5-9-13(11)10-12-7-3-2-4-8-12/h8,10-14H,6-7,9,15H2,1-5H3;2-4,7-8,11H,5-6,9-10H2,1H3/b16-12+;. The first-order valence-electron chi connectivity index (χ1n) is 14.3. The van der Waals surface area contributed by atoms with E-state index in [1.54, 1.807) is 38.4 Å². The second kappa shape index (κ2) is 15.9. The highest BCUT2D eigenvalue weighted by Crippen LogP contribution is 2.38. The molecule has 216 valence electrons. The molecule has 0 saturated carbocycles. The average Bonchev–Trinajstić information content (AvgIpc) is 3.39. The van der Waals surface area contributed by atoms with Crippen LogP contribution >= 0.6 is 0 Å². The smallest absolute Gasteiger partial charge is 0.254 e. The Morgan fingerprint density at radius 1 is 1.05 bits per heavy atom. The van der Waals surface area contributed by atoms with E-state index in [2.05, 4.69) is 73.4 Å². The lowest BCUT2D eigenvalue weighted by atomic mass is 10.0. The van der Waals surface area contributed by atoms with Crippen molar-refractivity contribution in [3.63, 3.8) is 0 Å². The number of hydrogen-bond acceptors (Lipinski definition) is 5. The summed E-state index contributed by atoms with van der Waals surface area (Å²) in [4.78, 5) is 17.4. The van der Waals surface area contributed by atoms with Crippen molar-refractivity contribution in [3.8, 4) is 17.2 Å². The van der Waals surface area contributed by atoms with Gasteiger partial charge in [0.2, 0.25) is 5.75 Å². The summed E-state index contributed by atoms with van der Waals surface area (Å²) in [7, 11) is 4.63. The minimum Gasteiger partial charge on any atom is -0.493 e. The molecule has 0 radical (unpaired) electrons. The van der Waals surface area contributed by atoms with E-state index in [-0.39, 0.29) is 5.91 Å². The molecular weight excluding hydrogens is 500 g/mol. The first kappa shape index (κ1) is 31.0. The second-order valence-electron chi connectivity index (χ2n) is 10.4. The Hall–Kier alpha value is -3.51. The summed E-state index contributed by atoms with van der Waals surface area (Å²) in [5.74, 6) is 1.35. The molecule has 2 aliphatic rings. The minimum absolute atomic E-state index is 0.0716. The molecule has 2 aromatic carbocycles. The van der Waals surface area contributed by atoms with Crippen molar-refractivity contribution in [2.45, 2.75) is 59.0 Å². The molecule has 4 rings (SSSR count). The van der Waals surface area contributed by atoms with Crippen LogP contribution in [0.1, 0.15) is 62.4 Å². The van der Waals surface area contributed by atoms with Gasteiger partial charge < -0.3 is 19.1 Å². The summed E-state index contributed by atoms with van der Waals surface area (Å²) in [6.45, 7) is 9.93. The molecular formula is C34H46N2O4. The number of rotatable bonds is 10. The van der Waals surface area contributed by atoms with Crippen molar-refractivity contribution in [2.24, 2.45) is 0 Å². The quantitative estimate of drug-likeness (QED) is 0.319. The van der Waals surface area contributed by atoms with E-state index >= 15 is 0 Å². The Morgan fingerprint density at radius 3 is 2.27 bits per heavy atom. The number of amides is 1. The number of carbonyl (C=O) groups excluding carboxylic acids is 1. The summed E-state index contributed by atoms with van der Waals surface area (Å²) in [6, 6.07) is 14.9. The van der Waals surface area contributed by atoms with Gasteiger partial charge in [0.25, 0.3) is 5.91 Å². The highest BCUT2D eigenvalue weighted by Gasteiger charge is 2.21. The molecule has 1 amide bonds. The molecule has 1 saturated heterocycles. The zero-order valence-electron chi connectivity index (χ0n) is 25.1. The number of likely N-dealkylation sites (tertiary alicyclic amines) is 1. The second-order valence-corrected chi connectivity index (χ2v) is 10.4. The Labute approximate surface area is 240 Å². The van der Waals surface area contributed by atoms with Gasteiger partial charge in [-0.25, -0.2) is 0 Å². The SMILES string of the molecule is CC1CCCN1Cc1ccccc1.CCN(C/C(C)=C/C1=CCCC=C1)C(=O)c1cc(OC)c(OC)c(OC)c1. The minimum atomic E-state index is -0.0716. The number of nitrogens with zero attached hydrogens (tertiary/aromatic N) is 2. The Balaban J connectivity index is 0.000000281. The fourth-order valence-corrected chi connectivity index (χ4v) is 5.13. The molecule has 1 aliphatic carbocycles. The van der Waals surface area contributed by atoms with Crippen molar-refractivity contribution in [2.75, 3.05) is 41.0 Å². The van der Waals surface area contributed by atoms with E-state index in [9.17, 15) is 4.79 Å². The number of carbonyl (C=O) groups is 1. The van der Waals surface area contributed by atoms with Crippen molar-refractivity contribution in [3.05, 3.63) is 89.0 Å². The van der Waals surface area contributed by atoms with Crippen molar-refractivity contribution < 1.29 is 19.0 Å². The van der Waals surface area contributed by atoms with Crippen LogP contribution in [0.2, 0.25) is 0 Å². The van der Waals surface area contributed by atoms with E-state index in [4.69, 9.17) is 14.2 Å². The number of ether oxygens (including phenoxy) is 3. The van der Waals surface area contributed by atoms with Gasteiger partial charge in [-0.1, -0.05) is 60.2 Å². The fraction of sp³-hybridized carbons (Fsp3) is 0.441. The van der Waals surface area contributed by atoms with Gasteiger partial charge in [-0.05, 0) is 76.3 Å². The molecule has 0 N–H and O–H groups in total. The Morgan fingerprint density at radius 2 is 1.75 bits per heavy atom. The highest BCUT2D eigenvalue weighted by molar-refractivity contribution is 5.95. The predicted molar refractivity (Wildman–Crippen MR) is 163 cm³/mol. The lowest BCUT2D eigenvalue weighted by molar-refractivity contribution is 0.0777. The average molecular weight is 547 g/mol. The number of allylic oxidation sites excluding steroid dienone is 5. The maximum Gasteiger partial charge on any atom is 0.254 e. The molecule has 1 fully saturated rings. The van der Waals surface area contributed by atoms with Gasteiger partial charge in [-0.2, -0.15) is 0 Å². The maximum absolute atomic E-state index is 13.1. The number of methoxy groups -OCH3 is 3. The molecule has 2 aromatic rings. The first-order valence-corrected chi connectivity index (χ1v) is 14.3. The van der Waals surface area contributed by atoms with Crippen LogP contribution in [0.3, 0.4) is 0 Å². The largest absolute Gasteiger partial charge is 0.493 e. The van der Waals surface area contributed by atoms with Crippen molar-refractivity contribution in [1.29, 1.82) is 0 Å². The third kappa shape index (κ3) is 8.75. The third-order valence-corrected chi connectivity index (χ3v) is 7.38. The van der Waals surface area contributed by atoms with Gasteiger partial charge >= 0.3 is 0 Å². The van der Waals surface area contributed by atoms with Crippen LogP contribution in [0, 0.1) is 0 Å². The molecule has 6 nitrogen and oxygen atoms in total. The van der Waals surface area contributed by atoms with E-state index in [0.29, 0.717) is 35.9 Å². The molecule has 1 aliphatic heterocycles. The molecule has 6 heteroatoms. The van der Waals surface area contributed by atoms with Gasteiger partial charge in [0, 0.05) is 31.2 Å². The Kier molecular flexibility index (Phi) is 12.4. The third-order valence-electron chi connectivity index (χ3n) is 7.38. The van der Waals surface area contributed by atoms with Crippen LogP contribution in [-0.4, -0.2) is 62.7 Å². The number of benzene rings is 2. The van der Waals surface area contributed by atoms with E-state index in [1.807, 2.05) is 6.92 Å². The van der Waals surface area contributed by atoms with Crippen LogP contribution < -0.4 is 14.2 Å². The lowest BCUT2D eigenvalue weighted by Crippen LogP contribution is -2.32. The summed E-state index contributed by atoms with van der Waals surface area (Å²) in [5, 5.41) is 0. The molecule has 0 aromatic heterocycles. The van der Waals surface area contributed by atoms with Gasteiger partial charge in [0.15, 0.2) is 11.5 Å². The normalized spacial score (nSPS) is 17.0. The zero-order valence-corrected chi connectivity index (χ0v) is 25.1. The molecule has 1 unspecified atom stereocenters. The molecule has 0 bridgehead atoms. The summed E-state index contributed by atoms with van der Waals surface area (Å²) >= 11 is 0. The van der Waals surface area contributed by atoms with Gasteiger partial charge in [-0.15, -0.1) is 0 Å². The molecule has 1 heterocycles. The van der Waals surface area contributed by atoms with Crippen LogP contribution in [0.15, 0.2) is 77.9 Å². The van der Waals surface area contributed by atoms with Crippen LogP contribution in [0.25, 0.3) is 0 Å². The van der Waals surface area contributed by atoms with Crippen molar-refractivity contribution in [1.82, 2.24) is 9.80 Å². The zero-order chi connectivity index (χ0) is 28.9. The topological polar surface area (TPSA) is 51.2 Å². The van der Waals surface area contributed by atoms with Gasteiger partial charge in [-0.3, -0.25) is 9.69 Å². The van der Waals surface area contributed by atoms with Gasteiger partial charge in [0.1, 0.15) is 0 Å². The van der Waals surface area contributed by atoms with Gasteiger partial charge in [0.05, 0.1) is 21.3 Å². The predicted octanol–water partition coefficient (Wildman–Crippen LogP) is 7.07. The first-order chi connectivity index (χ1) is 19.4. The Bertz CT molecular complexity index is 1160. The highest BCUT2D eigenvalue weighted by atomic mass is 16.5. The molecule has 40 heavy (non-hydrogen) atoms. The summed E-state index contributed by atoms with van der Waals surface area (Å²) in [5.41, 5.74) is 4.29. The van der Waals surface area contributed by atoms with E-state index in [1.165, 1.54) is 30.5 Å². The molecule has 0 spiro atoms. The number of likely N-dealkylation sites (N-methyl/N-ethyl adjacent to an activating group) is 1.